The number of rotatable bonds is 3. The number of likely N-dealkylation sites (tertiary alicyclic amines) is 1. The summed E-state index contributed by atoms with van der Waals surface area (Å²) < 4.78 is 0. The predicted molar refractivity (Wildman–Crippen MR) is 73.5 cm³/mol. The third-order valence-electron chi connectivity index (χ3n) is 4.63. The summed E-state index contributed by atoms with van der Waals surface area (Å²) in [5, 5.41) is 8.37. The Labute approximate surface area is 106 Å². The highest BCUT2D eigenvalue weighted by atomic mass is 15.2. The molecule has 1 unspecified atom stereocenters. The zero-order valence-electron chi connectivity index (χ0n) is 11.4. The van der Waals surface area contributed by atoms with Crippen LogP contribution in [0.4, 0.5) is 0 Å². The summed E-state index contributed by atoms with van der Waals surface area (Å²) in [5.74, 6) is 2.50. The van der Waals surface area contributed by atoms with Gasteiger partial charge in [-0.05, 0) is 38.0 Å². The lowest BCUT2D eigenvalue weighted by atomic mass is 9.96. The molecule has 1 saturated heterocycles. The molecule has 0 aromatic carbocycles. The number of amidine groups is 1. The van der Waals surface area contributed by atoms with E-state index in [2.05, 4.69) is 11.8 Å². The maximum Gasteiger partial charge on any atom is 0.0989 e. The van der Waals surface area contributed by atoms with Crippen LogP contribution in [0, 0.1) is 17.2 Å². The molecular formula is C15H28N2. The van der Waals surface area contributed by atoms with Crippen LogP contribution in [-0.4, -0.2) is 23.8 Å². The summed E-state index contributed by atoms with van der Waals surface area (Å²) in [4.78, 5) is 2.39. The van der Waals surface area contributed by atoms with Crippen LogP contribution >= 0.6 is 0 Å². The highest BCUT2D eigenvalue weighted by Gasteiger charge is 2.25. The van der Waals surface area contributed by atoms with Crippen molar-refractivity contribution < 1.29 is 0 Å². The Morgan fingerprint density at radius 1 is 1.06 bits per heavy atom. The maximum absolute atomic E-state index is 8.37. The molecule has 0 amide bonds. The fourth-order valence-corrected chi connectivity index (χ4v) is 3.56. The van der Waals surface area contributed by atoms with Crippen LogP contribution in [0.2, 0.25) is 0 Å². The smallest absolute Gasteiger partial charge is 0.0989 e. The molecule has 0 aromatic rings. The lowest BCUT2D eigenvalue weighted by molar-refractivity contribution is 0.384. The van der Waals surface area contributed by atoms with Crippen LogP contribution in [-0.2, 0) is 0 Å². The Bertz CT molecular complexity index is 243. The van der Waals surface area contributed by atoms with Gasteiger partial charge in [0.15, 0.2) is 0 Å². The van der Waals surface area contributed by atoms with Crippen LogP contribution < -0.4 is 0 Å². The Morgan fingerprint density at radius 2 is 1.82 bits per heavy atom. The molecule has 1 aliphatic heterocycles. The SMILES string of the molecule is CCCC1CCCN(C(=N)C2CCCC2)CC1. The fraction of sp³-hybridized carbons (Fsp3) is 0.933. The van der Waals surface area contributed by atoms with E-state index in [0.717, 1.165) is 24.8 Å². The highest BCUT2D eigenvalue weighted by molar-refractivity contribution is 5.81. The van der Waals surface area contributed by atoms with Gasteiger partial charge in [-0.25, -0.2) is 0 Å². The second-order valence-electron chi connectivity index (χ2n) is 5.94. The van der Waals surface area contributed by atoms with E-state index in [4.69, 9.17) is 5.41 Å². The van der Waals surface area contributed by atoms with Crippen LogP contribution in [0.3, 0.4) is 0 Å². The van der Waals surface area contributed by atoms with Gasteiger partial charge in [0.05, 0.1) is 5.84 Å². The van der Waals surface area contributed by atoms with Crippen molar-refractivity contribution in [1.82, 2.24) is 4.90 Å². The van der Waals surface area contributed by atoms with Crippen molar-refractivity contribution in [2.24, 2.45) is 11.8 Å². The van der Waals surface area contributed by atoms with E-state index in [1.165, 1.54) is 57.8 Å². The van der Waals surface area contributed by atoms with Gasteiger partial charge in [-0.2, -0.15) is 0 Å². The molecule has 1 N–H and O–H groups in total. The average Bonchev–Trinajstić information content (AvgIpc) is 2.76. The molecule has 98 valence electrons. The fourth-order valence-electron chi connectivity index (χ4n) is 3.56. The van der Waals surface area contributed by atoms with E-state index in [9.17, 15) is 0 Å². The number of hydrogen-bond acceptors (Lipinski definition) is 1. The minimum atomic E-state index is 0.595. The third-order valence-corrected chi connectivity index (χ3v) is 4.63. The third kappa shape index (κ3) is 3.46. The van der Waals surface area contributed by atoms with Crippen molar-refractivity contribution >= 4 is 5.84 Å². The van der Waals surface area contributed by atoms with Gasteiger partial charge in [-0.3, -0.25) is 5.41 Å². The van der Waals surface area contributed by atoms with E-state index in [-0.39, 0.29) is 0 Å². The molecule has 2 rings (SSSR count). The van der Waals surface area contributed by atoms with Crippen LogP contribution in [0.25, 0.3) is 0 Å². The van der Waals surface area contributed by atoms with E-state index >= 15 is 0 Å². The lowest BCUT2D eigenvalue weighted by Gasteiger charge is -2.27. The summed E-state index contributed by atoms with van der Waals surface area (Å²) in [7, 11) is 0. The molecule has 2 nitrogen and oxygen atoms in total. The molecule has 0 aromatic heterocycles. The molecule has 0 radical (unpaired) electrons. The quantitative estimate of drug-likeness (QED) is 0.581. The first-order valence-corrected chi connectivity index (χ1v) is 7.64. The standard InChI is InChI=1S/C15H28N2/c1-2-6-13-7-5-11-17(12-10-13)15(16)14-8-3-4-9-14/h13-14,16H,2-12H2,1H3. The Kier molecular flexibility index (Phi) is 4.87. The topological polar surface area (TPSA) is 27.1 Å². The summed E-state index contributed by atoms with van der Waals surface area (Å²) >= 11 is 0. The number of hydrogen-bond donors (Lipinski definition) is 1. The van der Waals surface area contributed by atoms with E-state index in [1.807, 2.05) is 0 Å². The van der Waals surface area contributed by atoms with E-state index in [1.54, 1.807) is 0 Å². The van der Waals surface area contributed by atoms with Gasteiger partial charge in [-0.1, -0.05) is 32.6 Å². The second-order valence-corrected chi connectivity index (χ2v) is 5.94. The Balaban J connectivity index is 1.83. The van der Waals surface area contributed by atoms with Crippen LogP contribution in [0.15, 0.2) is 0 Å². The molecule has 0 spiro atoms. The van der Waals surface area contributed by atoms with Crippen molar-refractivity contribution in [2.75, 3.05) is 13.1 Å². The molecule has 2 heteroatoms. The highest BCUT2D eigenvalue weighted by Crippen LogP contribution is 2.29. The molecule has 17 heavy (non-hydrogen) atoms. The van der Waals surface area contributed by atoms with Gasteiger partial charge in [0.2, 0.25) is 0 Å². The van der Waals surface area contributed by atoms with Gasteiger partial charge in [0.25, 0.3) is 0 Å². The minimum Gasteiger partial charge on any atom is -0.360 e. The van der Waals surface area contributed by atoms with Gasteiger partial charge in [0.1, 0.15) is 0 Å². The van der Waals surface area contributed by atoms with Crippen LogP contribution in [0.1, 0.15) is 64.7 Å². The first kappa shape index (κ1) is 12.9. The lowest BCUT2D eigenvalue weighted by Crippen LogP contribution is -2.35. The molecular weight excluding hydrogens is 208 g/mol. The van der Waals surface area contributed by atoms with Crippen molar-refractivity contribution in [3.8, 4) is 0 Å². The van der Waals surface area contributed by atoms with Crippen molar-refractivity contribution in [1.29, 1.82) is 5.41 Å². The van der Waals surface area contributed by atoms with Gasteiger partial charge in [0, 0.05) is 19.0 Å². The average molecular weight is 236 g/mol. The van der Waals surface area contributed by atoms with Crippen molar-refractivity contribution in [2.45, 2.75) is 64.7 Å². The number of nitrogens with zero attached hydrogens (tertiary/aromatic N) is 1. The summed E-state index contributed by atoms with van der Waals surface area (Å²) in [6, 6.07) is 0. The van der Waals surface area contributed by atoms with Gasteiger partial charge in [-0.15, -0.1) is 0 Å². The van der Waals surface area contributed by atoms with Gasteiger partial charge >= 0.3 is 0 Å². The van der Waals surface area contributed by atoms with E-state index < -0.39 is 0 Å². The predicted octanol–water partition coefficient (Wildman–Crippen LogP) is 4.06. The zero-order valence-corrected chi connectivity index (χ0v) is 11.4. The van der Waals surface area contributed by atoms with Crippen molar-refractivity contribution in [3.05, 3.63) is 0 Å². The van der Waals surface area contributed by atoms with Crippen molar-refractivity contribution in [3.63, 3.8) is 0 Å². The van der Waals surface area contributed by atoms with Crippen LogP contribution in [0.5, 0.6) is 0 Å². The molecule has 1 aliphatic carbocycles. The molecule has 1 saturated carbocycles. The monoisotopic (exact) mass is 236 g/mol. The zero-order chi connectivity index (χ0) is 12.1. The molecule has 2 aliphatic rings. The molecule has 0 bridgehead atoms. The number of nitrogens with one attached hydrogen (secondary N) is 1. The minimum absolute atomic E-state index is 0.595. The first-order valence-electron chi connectivity index (χ1n) is 7.64. The Morgan fingerprint density at radius 3 is 2.53 bits per heavy atom. The summed E-state index contributed by atoms with van der Waals surface area (Å²) in [5.41, 5.74) is 0. The van der Waals surface area contributed by atoms with E-state index in [0.29, 0.717) is 5.92 Å². The second kappa shape index (κ2) is 6.42. The van der Waals surface area contributed by atoms with Gasteiger partial charge < -0.3 is 4.90 Å². The summed E-state index contributed by atoms with van der Waals surface area (Å²) in [6.45, 7) is 4.60. The maximum atomic E-state index is 8.37. The molecule has 1 atom stereocenters. The molecule has 2 fully saturated rings. The first-order chi connectivity index (χ1) is 8.31. The summed E-state index contributed by atoms with van der Waals surface area (Å²) in [6.07, 6.45) is 12.0. The molecule has 1 heterocycles. The largest absolute Gasteiger partial charge is 0.360 e. The normalized spacial score (nSPS) is 27.1. The Hall–Kier alpha value is -0.530.